The number of nitrogens with one attached hydrogen (secondary N) is 1. The van der Waals surface area contributed by atoms with E-state index in [4.69, 9.17) is 4.74 Å². The number of anilines is 3. The highest BCUT2D eigenvalue weighted by Crippen LogP contribution is 2.28. The van der Waals surface area contributed by atoms with E-state index in [0.717, 1.165) is 60.8 Å². The summed E-state index contributed by atoms with van der Waals surface area (Å²) in [5, 5.41) is 6.16. The summed E-state index contributed by atoms with van der Waals surface area (Å²) in [4.78, 5) is 18.4. The van der Waals surface area contributed by atoms with E-state index in [1.807, 2.05) is 48.0 Å². The van der Waals surface area contributed by atoms with Crippen molar-refractivity contribution in [1.29, 1.82) is 0 Å². The Hall–Kier alpha value is -3.49. The number of rotatable bonds is 7. The Morgan fingerprint density at radius 3 is 2.58 bits per heavy atom. The summed E-state index contributed by atoms with van der Waals surface area (Å²) < 4.78 is 5.52. The molecule has 0 bridgehead atoms. The van der Waals surface area contributed by atoms with Crippen molar-refractivity contribution >= 4 is 28.7 Å². The molecule has 1 saturated heterocycles. The van der Waals surface area contributed by atoms with Crippen molar-refractivity contribution in [3.63, 3.8) is 0 Å². The molecular formula is C25H26N6OS. The largest absolute Gasteiger partial charge is 0.495 e. The van der Waals surface area contributed by atoms with Crippen LogP contribution in [-0.2, 0) is 6.54 Å². The number of ether oxygens (including phenoxy) is 1. The van der Waals surface area contributed by atoms with Crippen LogP contribution in [0.4, 0.5) is 17.3 Å². The molecule has 5 rings (SSSR count). The second-order valence-electron chi connectivity index (χ2n) is 7.86. The smallest absolute Gasteiger partial charge is 0.142 e. The molecule has 0 spiro atoms. The maximum Gasteiger partial charge on any atom is 0.142 e. The molecule has 7 nitrogen and oxygen atoms in total. The van der Waals surface area contributed by atoms with Gasteiger partial charge in [-0.05, 0) is 35.9 Å². The Morgan fingerprint density at radius 1 is 0.939 bits per heavy atom. The molecule has 0 radical (unpaired) electrons. The van der Waals surface area contributed by atoms with Crippen LogP contribution in [0, 0.1) is 0 Å². The monoisotopic (exact) mass is 458 g/mol. The fourth-order valence-corrected chi connectivity index (χ4v) is 4.60. The molecular weight excluding hydrogens is 432 g/mol. The Balaban J connectivity index is 1.16. The zero-order chi connectivity index (χ0) is 22.5. The van der Waals surface area contributed by atoms with E-state index in [-0.39, 0.29) is 0 Å². The third kappa shape index (κ3) is 5.13. The van der Waals surface area contributed by atoms with Crippen LogP contribution in [0.2, 0.25) is 0 Å². The Bertz CT molecular complexity index is 1170. The quantitative estimate of drug-likeness (QED) is 0.431. The van der Waals surface area contributed by atoms with Gasteiger partial charge in [-0.2, -0.15) is 0 Å². The van der Waals surface area contributed by atoms with Crippen LogP contribution in [0.5, 0.6) is 5.75 Å². The number of hydrogen-bond acceptors (Lipinski definition) is 8. The first-order valence-corrected chi connectivity index (χ1v) is 11.9. The average molecular weight is 459 g/mol. The molecule has 0 aliphatic carbocycles. The lowest BCUT2D eigenvalue weighted by atomic mass is 10.2. The van der Waals surface area contributed by atoms with Crippen LogP contribution >= 0.6 is 11.3 Å². The Kier molecular flexibility index (Phi) is 6.46. The SMILES string of the molecule is COc1ccccc1N1CCN(Cc2ccc(Nc3cccc(-c4nccs4)n3)nc2)CC1. The van der Waals surface area contributed by atoms with Crippen LogP contribution in [-0.4, -0.2) is 53.1 Å². The van der Waals surface area contributed by atoms with Crippen LogP contribution < -0.4 is 15.0 Å². The molecule has 0 unspecified atom stereocenters. The van der Waals surface area contributed by atoms with Crippen LogP contribution in [0.15, 0.2) is 72.4 Å². The Morgan fingerprint density at radius 2 is 1.82 bits per heavy atom. The first kappa shape index (κ1) is 21.4. The minimum atomic E-state index is 0.760. The van der Waals surface area contributed by atoms with Crippen LogP contribution in [0.25, 0.3) is 10.7 Å². The molecule has 1 N–H and O–H groups in total. The summed E-state index contributed by atoms with van der Waals surface area (Å²) in [6.45, 7) is 4.87. The van der Waals surface area contributed by atoms with E-state index < -0.39 is 0 Å². The fourth-order valence-electron chi connectivity index (χ4n) is 3.99. The van der Waals surface area contributed by atoms with E-state index in [1.54, 1.807) is 24.6 Å². The van der Waals surface area contributed by atoms with Gasteiger partial charge in [-0.25, -0.2) is 15.0 Å². The lowest BCUT2D eigenvalue weighted by molar-refractivity contribution is 0.249. The summed E-state index contributed by atoms with van der Waals surface area (Å²) in [6, 6.07) is 18.3. The van der Waals surface area contributed by atoms with Crippen molar-refractivity contribution in [3.05, 3.63) is 77.9 Å². The van der Waals surface area contributed by atoms with Crippen molar-refractivity contribution in [3.8, 4) is 16.5 Å². The number of piperazine rings is 1. The van der Waals surface area contributed by atoms with Crippen LogP contribution in [0.3, 0.4) is 0 Å². The molecule has 4 heterocycles. The molecule has 0 amide bonds. The third-order valence-electron chi connectivity index (χ3n) is 5.69. The van der Waals surface area contributed by atoms with Crippen LogP contribution in [0.1, 0.15) is 5.56 Å². The standard InChI is InChI=1S/C25H26N6OS/c1-32-22-7-3-2-6-21(22)31-14-12-30(13-15-31)18-19-9-10-23(27-17-19)29-24-8-4-5-20(28-24)25-26-11-16-33-25/h2-11,16-17H,12-15,18H2,1H3,(H,27,28,29). The van der Waals surface area contributed by atoms with Gasteiger partial charge in [-0.15, -0.1) is 11.3 Å². The van der Waals surface area contributed by atoms with Crippen molar-refractivity contribution in [2.75, 3.05) is 43.5 Å². The van der Waals surface area contributed by atoms with Gasteiger partial charge in [-0.1, -0.05) is 24.3 Å². The topological polar surface area (TPSA) is 66.4 Å². The van der Waals surface area contributed by atoms with Gasteiger partial charge in [0.25, 0.3) is 0 Å². The highest BCUT2D eigenvalue weighted by Gasteiger charge is 2.19. The van der Waals surface area contributed by atoms with E-state index in [0.29, 0.717) is 0 Å². The lowest BCUT2D eigenvalue weighted by Crippen LogP contribution is -2.46. The number of aromatic nitrogens is 3. The first-order chi connectivity index (χ1) is 16.3. The van der Waals surface area contributed by atoms with E-state index in [2.05, 4.69) is 48.3 Å². The molecule has 168 valence electrons. The van der Waals surface area contributed by atoms with Crippen molar-refractivity contribution in [1.82, 2.24) is 19.9 Å². The number of methoxy groups -OCH3 is 1. The molecule has 33 heavy (non-hydrogen) atoms. The summed E-state index contributed by atoms with van der Waals surface area (Å²) in [5.41, 5.74) is 3.24. The zero-order valence-corrected chi connectivity index (χ0v) is 19.3. The highest BCUT2D eigenvalue weighted by atomic mass is 32.1. The van der Waals surface area contributed by atoms with Gasteiger partial charge in [0.15, 0.2) is 0 Å². The third-order valence-corrected chi connectivity index (χ3v) is 6.48. The average Bonchev–Trinajstić information content (AvgIpc) is 3.41. The number of pyridine rings is 2. The minimum absolute atomic E-state index is 0.760. The van der Waals surface area contributed by atoms with E-state index in [1.165, 1.54) is 11.3 Å². The summed E-state index contributed by atoms with van der Waals surface area (Å²) in [5.74, 6) is 2.48. The van der Waals surface area contributed by atoms with Crippen molar-refractivity contribution in [2.24, 2.45) is 0 Å². The number of hydrogen-bond donors (Lipinski definition) is 1. The fraction of sp³-hybridized carbons (Fsp3) is 0.240. The molecule has 8 heteroatoms. The van der Waals surface area contributed by atoms with Crippen molar-refractivity contribution in [2.45, 2.75) is 6.54 Å². The maximum atomic E-state index is 5.52. The summed E-state index contributed by atoms with van der Waals surface area (Å²) in [6.07, 6.45) is 3.74. The number of nitrogens with zero attached hydrogens (tertiary/aromatic N) is 5. The van der Waals surface area contributed by atoms with Crippen molar-refractivity contribution < 1.29 is 4.74 Å². The number of benzene rings is 1. The predicted octanol–water partition coefficient (Wildman–Crippen LogP) is 4.67. The molecule has 3 aromatic heterocycles. The predicted molar refractivity (Wildman–Crippen MR) is 133 cm³/mol. The molecule has 1 aliphatic rings. The first-order valence-electron chi connectivity index (χ1n) is 11.0. The summed E-state index contributed by atoms with van der Waals surface area (Å²) >= 11 is 1.58. The number of para-hydroxylation sites is 2. The molecule has 1 fully saturated rings. The molecule has 0 saturated carbocycles. The molecule has 1 aliphatic heterocycles. The summed E-state index contributed by atoms with van der Waals surface area (Å²) in [7, 11) is 1.73. The normalized spacial score (nSPS) is 14.3. The van der Waals surface area contributed by atoms with Gasteiger partial charge in [0.05, 0.1) is 12.8 Å². The van der Waals surface area contributed by atoms with Gasteiger partial charge >= 0.3 is 0 Å². The second-order valence-corrected chi connectivity index (χ2v) is 8.75. The van der Waals surface area contributed by atoms with Gasteiger partial charge in [0, 0.05) is 50.5 Å². The highest BCUT2D eigenvalue weighted by molar-refractivity contribution is 7.13. The van der Waals surface area contributed by atoms with Gasteiger partial charge < -0.3 is 15.0 Å². The minimum Gasteiger partial charge on any atom is -0.495 e. The maximum absolute atomic E-state index is 5.52. The Labute approximate surface area is 197 Å². The van der Waals surface area contributed by atoms with E-state index >= 15 is 0 Å². The van der Waals surface area contributed by atoms with E-state index in [9.17, 15) is 0 Å². The van der Waals surface area contributed by atoms with Gasteiger partial charge in [0.2, 0.25) is 0 Å². The molecule has 1 aromatic carbocycles. The van der Waals surface area contributed by atoms with Gasteiger partial charge in [-0.3, -0.25) is 4.90 Å². The lowest BCUT2D eigenvalue weighted by Gasteiger charge is -2.36. The second kappa shape index (κ2) is 9.97. The number of thiazole rings is 1. The van der Waals surface area contributed by atoms with Gasteiger partial charge in [0.1, 0.15) is 28.1 Å². The molecule has 0 atom stereocenters. The zero-order valence-electron chi connectivity index (χ0n) is 18.5. The molecule has 4 aromatic rings.